The fourth-order valence-corrected chi connectivity index (χ4v) is 2.28. The van der Waals surface area contributed by atoms with E-state index in [1.54, 1.807) is 6.92 Å². The minimum absolute atomic E-state index is 0.105. The molecule has 1 N–H and O–H groups in total. The van der Waals surface area contributed by atoms with E-state index in [1.807, 2.05) is 27.7 Å². The molecule has 0 saturated carbocycles. The minimum Gasteiger partial charge on any atom is -0.508 e. The van der Waals surface area contributed by atoms with Crippen LogP contribution >= 0.6 is 0 Å². The molecule has 2 rings (SSSR count). The first-order valence-corrected chi connectivity index (χ1v) is 7.60. The van der Waals surface area contributed by atoms with Gasteiger partial charge in [-0.1, -0.05) is 0 Å². The molecule has 1 aliphatic heterocycles. The summed E-state index contributed by atoms with van der Waals surface area (Å²) in [5, 5.41) is 10.1. The number of ether oxygens (including phenoxy) is 1. The molecule has 0 aromatic heterocycles. The Labute approximate surface area is 135 Å². The highest BCUT2D eigenvalue weighted by molar-refractivity contribution is 6.62. The van der Waals surface area contributed by atoms with Gasteiger partial charge in [0.2, 0.25) is 0 Å². The number of phenols is 1. The molecule has 7 heteroatoms. The van der Waals surface area contributed by atoms with Crippen molar-refractivity contribution >= 4 is 18.6 Å². The standard InChI is InChI=1S/C16H22BFO5/c1-6-21-14(20)8-10-7-12(18)11(9-13(10)19)17-22-15(2,3)16(4,5)23-17/h7,9,19H,6,8H2,1-5H3. The average Bonchev–Trinajstić information content (AvgIpc) is 2.62. The Hall–Kier alpha value is -1.60. The molecule has 0 aliphatic carbocycles. The molecular formula is C16H22BFO5. The molecule has 0 atom stereocenters. The third kappa shape index (κ3) is 3.51. The van der Waals surface area contributed by atoms with Gasteiger partial charge in [0, 0.05) is 11.0 Å². The maximum Gasteiger partial charge on any atom is 0.497 e. The van der Waals surface area contributed by atoms with E-state index in [4.69, 9.17) is 14.0 Å². The Morgan fingerprint density at radius 2 is 1.83 bits per heavy atom. The number of esters is 1. The lowest BCUT2D eigenvalue weighted by molar-refractivity contribution is -0.142. The predicted octanol–water partition coefficient (Wildman–Crippen LogP) is 1.94. The largest absolute Gasteiger partial charge is 0.508 e. The molecule has 5 nitrogen and oxygen atoms in total. The lowest BCUT2D eigenvalue weighted by Crippen LogP contribution is -2.41. The molecule has 126 valence electrons. The van der Waals surface area contributed by atoms with Gasteiger partial charge in [0.1, 0.15) is 11.6 Å². The van der Waals surface area contributed by atoms with Gasteiger partial charge in [-0.05, 0) is 46.8 Å². The number of hydrogen-bond donors (Lipinski definition) is 1. The molecule has 1 aromatic rings. The number of benzene rings is 1. The van der Waals surface area contributed by atoms with Crippen LogP contribution in [0.15, 0.2) is 12.1 Å². The van der Waals surface area contributed by atoms with Crippen molar-refractivity contribution in [3.05, 3.63) is 23.5 Å². The molecule has 0 amide bonds. The summed E-state index contributed by atoms with van der Waals surface area (Å²) in [5.41, 5.74) is -0.942. The van der Waals surface area contributed by atoms with E-state index in [0.717, 1.165) is 6.07 Å². The lowest BCUT2D eigenvalue weighted by Gasteiger charge is -2.32. The highest BCUT2D eigenvalue weighted by Crippen LogP contribution is 2.37. The number of halogens is 1. The summed E-state index contributed by atoms with van der Waals surface area (Å²) >= 11 is 0. The van der Waals surface area contributed by atoms with Gasteiger partial charge in [0.05, 0.1) is 24.2 Å². The van der Waals surface area contributed by atoms with Crippen LogP contribution in [0.1, 0.15) is 40.2 Å². The molecule has 1 heterocycles. The van der Waals surface area contributed by atoms with Crippen LogP contribution in [-0.4, -0.2) is 36.0 Å². The van der Waals surface area contributed by atoms with Crippen molar-refractivity contribution in [3.63, 3.8) is 0 Å². The first-order chi connectivity index (χ1) is 10.6. The molecule has 1 aromatic carbocycles. The SMILES string of the molecule is CCOC(=O)Cc1cc(F)c(B2OC(C)(C)C(C)(C)O2)cc1O. The highest BCUT2D eigenvalue weighted by Gasteiger charge is 2.52. The van der Waals surface area contributed by atoms with Crippen molar-refractivity contribution in [2.45, 2.75) is 52.2 Å². The Kier molecular flexibility index (Phi) is 4.73. The molecular weight excluding hydrogens is 302 g/mol. The van der Waals surface area contributed by atoms with E-state index < -0.39 is 30.1 Å². The number of hydrogen-bond acceptors (Lipinski definition) is 5. The van der Waals surface area contributed by atoms with Crippen molar-refractivity contribution in [1.82, 2.24) is 0 Å². The predicted molar refractivity (Wildman–Crippen MR) is 84.1 cm³/mol. The molecule has 0 spiro atoms. The molecule has 0 radical (unpaired) electrons. The van der Waals surface area contributed by atoms with E-state index in [0.29, 0.717) is 0 Å². The van der Waals surface area contributed by atoms with Crippen molar-refractivity contribution in [2.75, 3.05) is 6.61 Å². The molecule has 23 heavy (non-hydrogen) atoms. The molecule has 1 aliphatic rings. The zero-order valence-corrected chi connectivity index (χ0v) is 14.1. The third-order valence-corrected chi connectivity index (χ3v) is 4.35. The van der Waals surface area contributed by atoms with E-state index in [9.17, 15) is 14.3 Å². The van der Waals surface area contributed by atoms with Crippen LogP contribution in [0.2, 0.25) is 0 Å². The topological polar surface area (TPSA) is 65.0 Å². The summed E-state index contributed by atoms with van der Waals surface area (Å²) < 4.78 is 30.8. The first kappa shape index (κ1) is 17.8. The number of carbonyl (C=O) groups excluding carboxylic acids is 1. The average molecular weight is 324 g/mol. The number of phenolic OH excluding ortho intramolecular Hbond substituents is 1. The summed E-state index contributed by atoms with van der Waals surface area (Å²) in [6.45, 7) is 9.35. The van der Waals surface area contributed by atoms with Crippen molar-refractivity contribution in [3.8, 4) is 5.75 Å². The Morgan fingerprint density at radius 3 is 2.35 bits per heavy atom. The van der Waals surface area contributed by atoms with Gasteiger partial charge in [-0.25, -0.2) is 4.39 Å². The fraction of sp³-hybridized carbons (Fsp3) is 0.562. The molecule has 0 bridgehead atoms. The third-order valence-electron chi connectivity index (χ3n) is 4.35. The van der Waals surface area contributed by atoms with Crippen molar-refractivity contribution in [1.29, 1.82) is 0 Å². The van der Waals surface area contributed by atoms with Crippen LogP contribution < -0.4 is 5.46 Å². The fourth-order valence-electron chi connectivity index (χ4n) is 2.28. The van der Waals surface area contributed by atoms with E-state index >= 15 is 0 Å². The second-order valence-electron chi connectivity index (χ2n) is 6.57. The van der Waals surface area contributed by atoms with E-state index in [2.05, 4.69) is 0 Å². The van der Waals surface area contributed by atoms with Gasteiger partial charge in [0.15, 0.2) is 0 Å². The number of aromatic hydroxyl groups is 1. The van der Waals surface area contributed by atoms with E-state index in [1.165, 1.54) is 6.07 Å². The molecule has 1 fully saturated rings. The van der Waals surface area contributed by atoms with Crippen molar-refractivity contribution < 1.29 is 28.3 Å². The second-order valence-corrected chi connectivity index (χ2v) is 6.57. The highest BCUT2D eigenvalue weighted by atomic mass is 19.1. The van der Waals surface area contributed by atoms with Gasteiger partial charge in [-0.15, -0.1) is 0 Å². The van der Waals surface area contributed by atoms with Crippen LogP contribution in [0.3, 0.4) is 0 Å². The van der Waals surface area contributed by atoms with Crippen LogP contribution in [0.5, 0.6) is 5.75 Å². The van der Waals surface area contributed by atoms with Crippen LogP contribution in [-0.2, 0) is 25.3 Å². The van der Waals surface area contributed by atoms with Gasteiger partial charge >= 0.3 is 13.1 Å². The second kappa shape index (κ2) is 6.13. The number of carbonyl (C=O) groups is 1. The van der Waals surface area contributed by atoms with Crippen LogP contribution in [0, 0.1) is 5.82 Å². The normalized spacial score (nSPS) is 19.0. The summed E-state index contributed by atoms with van der Waals surface area (Å²) in [7, 11) is -0.914. The smallest absolute Gasteiger partial charge is 0.497 e. The minimum atomic E-state index is -0.914. The lowest BCUT2D eigenvalue weighted by atomic mass is 9.78. The maximum atomic E-state index is 14.4. The maximum absolute atomic E-state index is 14.4. The Morgan fingerprint density at radius 1 is 1.26 bits per heavy atom. The molecule has 1 saturated heterocycles. The van der Waals surface area contributed by atoms with Crippen LogP contribution in [0.25, 0.3) is 0 Å². The molecule has 0 unspecified atom stereocenters. The van der Waals surface area contributed by atoms with Gasteiger partial charge in [-0.3, -0.25) is 4.79 Å². The van der Waals surface area contributed by atoms with E-state index in [-0.39, 0.29) is 29.8 Å². The summed E-state index contributed by atoms with van der Waals surface area (Å²) in [6, 6.07) is 2.36. The Balaban J connectivity index is 2.26. The summed E-state index contributed by atoms with van der Waals surface area (Å²) in [6.07, 6.45) is -0.194. The Bertz CT molecular complexity index is 599. The van der Waals surface area contributed by atoms with Gasteiger partial charge in [0.25, 0.3) is 0 Å². The quantitative estimate of drug-likeness (QED) is 0.677. The summed E-state index contributed by atoms with van der Waals surface area (Å²) in [5.74, 6) is -1.31. The van der Waals surface area contributed by atoms with Gasteiger partial charge in [-0.2, -0.15) is 0 Å². The van der Waals surface area contributed by atoms with Gasteiger partial charge < -0.3 is 19.2 Å². The number of rotatable bonds is 4. The first-order valence-electron chi connectivity index (χ1n) is 7.60. The monoisotopic (exact) mass is 324 g/mol. The van der Waals surface area contributed by atoms with Crippen molar-refractivity contribution in [2.24, 2.45) is 0 Å². The summed E-state index contributed by atoms with van der Waals surface area (Å²) in [4.78, 5) is 11.5. The zero-order valence-electron chi connectivity index (χ0n) is 14.1. The zero-order chi connectivity index (χ0) is 17.4. The van der Waals surface area contributed by atoms with Crippen LogP contribution in [0.4, 0.5) is 4.39 Å².